The van der Waals surface area contributed by atoms with Crippen LogP contribution in [0.2, 0.25) is 0 Å². The lowest BCUT2D eigenvalue weighted by atomic mass is 10.1. The summed E-state index contributed by atoms with van der Waals surface area (Å²) in [6.45, 7) is -0.174. The summed E-state index contributed by atoms with van der Waals surface area (Å²) in [5, 5.41) is 14.6. The molecule has 2 amide bonds. The zero-order valence-electron chi connectivity index (χ0n) is 22.8. The Bertz CT molecular complexity index is 1530. The lowest BCUT2D eigenvalue weighted by Gasteiger charge is -2.25. The zero-order chi connectivity index (χ0) is 30.1. The minimum atomic E-state index is -3.94. The van der Waals surface area contributed by atoms with Gasteiger partial charge in [-0.05, 0) is 61.2 Å². The number of sulfonamides is 1. The van der Waals surface area contributed by atoms with Gasteiger partial charge >= 0.3 is 5.97 Å². The quantitative estimate of drug-likeness (QED) is 0.267. The van der Waals surface area contributed by atoms with Crippen molar-refractivity contribution in [2.45, 2.75) is 56.5 Å². The Morgan fingerprint density at radius 3 is 2.44 bits per heavy atom. The molecule has 0 aliphatic carbocycles. The number of carbonyl (C=O) groups is 4. The molecule has 0 spiro atoms. The summed E-state index contributed by atoms with van der Waals surface area (Å²) in [5.41, 5.74) is 2.10. The number of rotatable bonds is 13. The maximum Gasteiger partial charge on any atom is 0.326 e. The molecule has 1 aliphatic rings. The van der Waals surface area contributed by atoms with E-state index in [0.717, 1.165) is 15.6 Å². The second-order valence-electron chi connectivity index (χ2n) is 9.94. The summed E-state index contributed by atoms with van der Waals surface area (Å²) < 4.78 is 27.2. The SMILES string of the molecule is C.O=C(CC[C@H](NC(=O)[C@@H]1CCCN1S(=O)(=O)c1ccccc1)C(=O)O)CNC(=O)c1cccc(Cc2ccccn2)c1. The van der Waals surface area contributed by atoms with E-state index in [0.29, 0.717) is 18.4 Å². The molecule has 0 saturated carbocycles. The molecule has 1 fully saturated rings. The van der Waals surface area contributed by atoms with Crippen molar-refractivity contribution in [3.63, 3.8) is 0 Å². The molecule has 1 aliphatic heterocycles. The number of carboxylic acids is 1. The summed E-state index contributed by atoms with van der Waals surface area (Å²) in [4.78, 5) is 54.3. The highest BCUT2D eigenvalue weighted by molar-refractivity contribution is 7.89. The molecule has 1 saturated heterocycles. The van der Waals surface area contributed by atoms with Gasteiger partial charge in [0.25, 0.3) is 5.91 Å². The van der Waals surface area contributed by atoms with Crippen LogP contribution in [0.5, 0.6) is 0 Å². The summed E-state index contributed by atoms with van der Waals surface area (Å²) >= 11 is 0. The van der Waals surface area contributed by atoms with E-state index >= 15 is 0 Å². The molecule has 3 N–H and O–H groups in total. The van der Waals surface area contributed by atoms with Crippen LogP contribution in [0.15, 0.2) is 83.9 Å². The first-order valence-electron chi connectivity index (χ1n) is 13.5. The highest BCUT2D eigenvalue weighted by Gasteiger charge is 2.40. The number of ketones is 1. The van der Waals surface area contributed by atoms with Crippen molar-refractivity contribution in [3.8, 4) is 0 Å². The van der Waals surface area contributed by atoms with Gasteiger partial charge in [-0.3, -0.25) is 19.4 Å². The molecular weight excluding hydrogens is 572 g/mol. The first-order valence-corrected chi connectivity index (χ1v) is 15.0. The van der Waals surface area contributed by atoms with Gasteiger partial charge in [0.1, 0.15) is 12.1 Å². The van der Waals surface area contributed by atoms with Crippen molar-refractivity contribution in [3.05, 3.63) is 95.8 Å². The van der Waals surface area contributed by atoms with Crippen LogP contribution in [0, 0.1) is 0 Å². The van der Waals surface area contributed by atoms with Crippen molar-refractivity contribution >= 4 is 33.6 Å². The van der Waals surface area contributed by atoms with Gasteiger partial charge in [0.2, 0.25) is 15.9 Å². The largest absolute Gasteiger partial charge is 0.480 e. The number of amides is 2. The molecule has 2 heterocycles. The fourth-order valence-corrected chi connectivity index (χ4v) is 6.43. The van der Waals surface area contributed by atoms with Crippen molar-refractivity contribution in [1.82, 2.24) is 19.9 Å². The molecule has 0 bridgehead atoms. The van der Waals surface area contributed by atoms with Gasteiger partial charge in [-0.2, -0.15) is 4.31 Å². The molecule has 2 aromatic carbocycles. The smallest absolute Gasteiger partial charge is 0.326 e. The molecule has 2 atom stereocenters. The Labute approximate surface area is 251 Å². The van der Waals surface area contributed by atoms with Crippen molar-refractivity contribution < 1.29 is 32.7 Å². The number of pyridine rings is 1. The monoisotopic (exact) mass is 608 g/mol. The van der Waals surface area contributed by atoms with E-state index in [1.807, 2.05) is 24.3 Å². The van der Waals surface area contributed by atoms with E-state index in [-0.39, 0.29) is 44.7 Å². The summed E-state index contributed by atoms with van der Waals surface area (Å²) in [6, 6.07) is 17.8. The molecule has 43 heavy (non-hydrogen) atoms. The van der Waals surface area contributed by atoms with Crippen LogP contribution in [0.4, 0.5) is 0 Å². The number of hydrogen-bond acceptors (Lipinski definition) is 7. The predicted molar refractivity (Wildman–Crippen MR) is 160 cm³/mol. The van der Waals surface area contributed by atoms with Gasteiger partial charge in [-0.15, -0.1) is 0 Å². The van der Waals surface area contributed by atoms with Gasteiger partial charge in [-0.1, -0.05) is 43.8 Å². The number of carbonyl (C=O) groups excluding carboxylic acids is 3. The number of benzene rings is 2. The minimum Gasteiger partial charge on any atom is -0.480 e. The summed E-state index contributed by atoms with van der Waals surface area (Å²) in [6.07, 6.45) is 2.50. The third-order valence-electron chi connectivity index (χ3n) is 6.93. The normalized spacial score (nSPS) is 15.6. The molecular formula is C31H36N4O7S. The maximum absolute atomic E-state index is 13.1. The van der Waals surface area contributed by atoms with Crippen molar-refractivity contribution in [2.24, 2.45) is 0 Å². The average Bonchev–Trinajstić information content (AvgIpc) is 3.50. The molecule has 0 unspecified atom stereocenters. The zero-order valence-corrected chi connectivity index (χ0v) is 23.6. The third kappa shape index (κ3) is 8.79. The number of carboxylic acid groups (broad SMARTS) is 1. The van der Waals surface area contributed by atoms with Gasteiger partial charge in [-0.25, -0.2) is 13.2 Å². The van der Waals surface area contributed by atoms with Crippen LogP contribution in [0.1, 0.15) is 54.7 Å². The highest BCUT2D eigenvalue weighted by Crippen LogP contribution is 2.26. The molecule has 12 heteroatoms. The first kappa shape index (κ1) is 33.1. The molecule has 4 rings (SSSR count). The van der Waals surface area contributed by atoms with Crippen molar-refractivity contribution in [1.29, 1.82) is 0 Å². The molecule has 3 aromatic rings. The number of nitrogens with zero attached hydrogens (tertiary/aromatic N) is 2. The van der Waals surface area contributed by atoms with E-state index in [9.17, 15) is 32.7 Å². The van der Waals surface area contributed by atoms with Crippen molar-refractivity contribution in [2.75, 3.05) is 13.1 Å². The minimum absolute atomic E-state index is 0. The van der Waals surface area contributed by atoms with Gasteiger partial charge in [0, 0.05) is 36.8 Å². The molecule has 1 aromatic heterocycles. The second-order valence-corrected chi connectivity index (χ2v) is 11.8. The van der Waals surface area contributed by atoms with Crippen LogP contribution < -0.4 is 10.6 Å². The van der Waals surface area contributed by atoms with Crippen LogP contribution in [0.3, 0.4) is 0 Å². The van der Waals surface area contributed by atoms with Crippen LogP contribution >= 0.6 is 0 Å². The maximum atomic E-state index is 13.1. The standard InChI is InChI=1S/C30H32N4O7S.CH4/c35-24(20-32-28(36)22-9-6-8-21(18-22)19-23-10-4-5-16-31-23)14-15-26(30(38)39)33-29(37)27-13-7-17-34(27)42(40,41)25-11-2-1-3-12-25;/h1-6,8-12,16,18,26-27H,7,13-15,17,19-20H2,(H,32,36)(H,33,37)(H,38,39);1H4/t26-,27-;/m0./s1. The lowest BCUT2D eigenvalue weighted by Crippen LogP contribution is -2.51. The fourth-order valence-electron chi connectivity index (χ4n) is 4.75. The highest BCUT2D eigenvalue weighted by atomic mass is 32.2. The Balaban J connectivity index is 0.00000506. The van der Waals surface area contributed by atoms with Gasteiger partial charge < -0.3 is 15.7 Å². The fraction of sp³-hybridized carbons (Fsp3) is 0.323. The average molecular weight is 609 g/mol. The Kier molecular flexibility index (Phi) is 11.7. The van der Waals surface area contributed by atoms with E-state index in [2.05, 4.69) is 15.6 Å². The van der Waals surface area contributed by atoms with E-state index in [4.69, 9.17) is 0 Å². The van der Waals surface area contributed by atoms with Crippen LogP contribution in [-0.2, 0) is 30.8 Å². The summed E-state index contributed by atoms with van der Waals surface area (Å²) in [5.74, 6) is -2.94. The summed E-state index contributed by atoms with van der Waals surface area (Å²) in [7, 11) is -3.94. The first-order chi connectivity index (χ1) is 20.1. The van der Waals surface area contributed by atoms with E-state index in [1.54, 1.807) is 42.6 Å². The van der Waals surface area contributed by atoms with Crippen LogP contribution in [-0.4, -0.2) is 71.6 Å². The van der Waals surface area contributed by atoms with E-state index in [1.165, 1.54) is 12.1 Å². The van der Waals surface area contributed by atoms with E-state index < -0.39 is 45.7 Å². The number of aromatic nitrogens is 1. The molecule has 11 nitrogen and oxygen atoms in total. The van der Waals surface area contributed by atoms with Gasteiger partial charge in [0.05, 0.1) is 11.4 Å². The number of nitrogens with one attached hydrogen (secondary N) is 2. The Morgan fingerprint density at radius 1 is 1.00 bits per heavy atom. The second kappa shape index (κ2) is 15.2. The lowest BCUT2D eigenvalue weighted by molar-refractivity contribution is -0.142. The number of Topliss-reactive ketones (excluding diaryl/α,β-unsaturated/α-hetero) is 1. The third-order valence-corrected chi connectivity index (χ3v) is 8.85. The number of aliphatic carboxylic acids is 1. The number of hydrogen-bond donors (Lipinski definition) is 3. The Morgan fingerprint density at radius 2 is 1.74 bits per heavy atom. The van der Waals surface area contributed by atoms with Crippen LogP contribution in [0.25, 0.3) is 0 Å². The predicted octanol–water partition coefficient (Wildman–Crippen LogP) is 2.81. The topological polar surface area (TPSA) is 163 Å². The van der Waals surface area contributed by atoms with Gasteiger partial charge in [0.15, 0.2) is 5.78 Å². The molecule has 228 valence electrons. The molecule has 0 radical (unpaired) electrons. The Hall–Kier alpha value is -4.42.